The van der Waals surface area contributed by atoms with Crippen LogP contribution in [0, 0.1) is 12.7 Å². The van der Waals surface area contributed by atoms with E-state index in [1.807, 2.05) is 6.92 Å². The summed E-state index contributed by atoms with van der Waals surface area (Å²) < 4.78 is 18.5. The van der Waals surface area contributed by atoms with Gasteiger partial charge in [0.1, 0.15) is 5.82 Å². The van der Waals surface area contributed by atoms with Gasteiger partial charge in [0.15, 0.2) is 10.7 Å². The van der Waals surface area contributed by atoms with Gasteiger partial charge in [-0.05, 0) is 31.9 Å². The van der Waals surface area contributed by atoms with E-state index in [1.54, 1.807) is 17.4 Å². The molecule has 114 valence electrons. The van der Waals surface area contributed by atoms with Crippen LogP contribution in [-0.2, 0) is 0 Å². The molecule has 1 fully saturated rings. The van der Waals surface area contributed by atoms with E-state index >= 15 is 0 Å². The second-order valence-corrected chi connectivity index (χ2v) is 6.58. The molecule has 0 unspecified atom stereocenters. The number of aromatic nitrogens is 2. The number of anilines is 1. The van der Waals surface area contributed by atoms with Crippen LogP contribution in [0.25, 0.3) is 11.0 Å². The summed E-state index contributed by atoms with van der Waals surface area (Å²) in [6, 6.07) is 4.64. The molecule has 3 heterocycles. The summed E-state index contributed by atoms with van der Waals surface area (Å²) in [6.45, 7) is 3.95. The number of halogens is 1. The molecule has 4 rings (SSSR count). The number of hydrogen-bond acceptors (Lipinski definition) is 5. The number of rotatable bonds is 2. The normalized spacial score (nSPS) is 16.5. The smallest absolute Gasteiger partial charge is 0.185 e. The molecule has 6 heteroatoms. The Bertz CT molecular complexity index is 805. The van der Waals surface area contributed by atoms with Crippen molar-refractivity contribution in [2.45, 2.75) is 25.7 Å². The molecule has 0 bridgehead atoms. The van der Waals surface area contributed by atoms with E-state index < -0.39 is 0 Å². The van der Waals surface area contributed by atoms with Gasteiger partial charge in [-0.3, -0.25) is 0 Å². The number of aryl methyl sites for hydroxylation is 1. The number of piperidine rings is 1. The van der Waals surface area contributed by atoms with Gasteiger partial charge in [-0.25, -0.2) is 9.37 Å². The van der Waals surface area contributed by atoms with Gasteiger partial charge in [0.05, 0.1) is 11.4 Å². The molecule has 0 radical (unpaired) electrons. The zero-order valence-electron chi connectivity index (χ0n) is 12.3. The van der Waals surface area contributed by atoms with E-state index in [-0.39, 0.29) is 5.82 Å². The monoisotopic (exact) mass is 317 g/mol. The molecule has 1 aromatic carbocycles. The van der Waals surface area contributed by atoms with Crippen LogP contribution < -0.4 is 4.90 Å². The molecule has 4 nitrogen and oxygen atoms in total. The van der Waals surface area contributed by atoms with Gasteiger partial charge in [0.2, 0.25) is 0 Å². The molecule has 1 saturated heterocycles. The Morgan fingerprint density at radius 3 is 2.86 bits per heavy atom. The van der Waals surface area contributed by atoms with Gasteiger partial charge in [-0.2, -0.15) is 0 Å². The number of hydrogen-bond donors (Lipinski definition) is 0. The molecule has 3 aromatic rings. The molecule has 1 aliphatic heterocycles. The molecule has 0 spiro atoms. The standard InChI is InChI=1S/C16H16FN3OS/c1-10-9-22-16(18-10)20-6-4-11(5-7-20)15-13-3-2-12(17)8-14(13)21-19-15/h2-3,8-9,11H,4-7H2,1H3. The highest BCUT2D eigenvalue weighted by molar-refractivity contribution is 7.13. The van der Waals surface area contributed by atoms with Crippen LogP contribution >= 0.6 is 11.3 Å². The lowest BCUT2D eigenvalue weighted by Crippen LogP contribution is -2.32. The fraction of sp³-hybridized carbons (Fsp3) is 0.375. The molecule has 22 heavy (non-hydrogen) atoms. The molecule has 2 aromatic heterocycles. The van der Waals surface area contributed by atoms with Crippen LogP contribution in [0.15, 0.2) is 28.1 Å². The maximum Gasteiger partial charge on any atom is 0.185 e. The average Bonchev–Trinajstić information content (AvgIpc) is 3.13. The van der Waals surface area contributed by atoms with Crippen molar-refractivity contribution < 1.29 is 8.91 Å². The fourth-order valence-corrected chi connectivity index (χ4v) is 3.91. The van der Waals surface area contributed by atoms with Gasteiger partial charge >= 0.3 is 0 Å². The van der Waals surface area contributed by atoms with Crippen LogP contribution in [0.3, 0.4) is 0 Å². The maximum atomic E-state index is 13.2. The second-order valence-electron chi connectivity index (χ2n) is 5.74. The summed E-state index contributed by atoms with van der Waals surface area (Å²) in [5, 5.41) is 8.31. The number of thiazole rings is 1. The number of fused-ring (bicyclic) bond motifs is 1. The Labute approximate surface area is 131 Å². The predicted octanol–water partition coefficient (Wildman–Crippen LogP) is 4.12. The van der Waals surface area contributed by atoms with E-state index in [2.05, 4.69) is 20.4 Å². The maximum absolute atomic E-state index is 13.2. The third-order valence-corrected chi connectivity index (χ3v) is 5.24. The van der Waals surface area contributed by atoms with E-state index in [1.165, 1.54) is 12.1 Å². The third kappa shape index (κ3) is 2.37. The average molecular weight is 317 g/mol. The summed E-state index contributed by atoms with van der Waals surface area (Å²) in [6.07, 6.45) is 2.02. The summed E-state index contributed by atoms with van der Waals surface area (Å²) in [7, 11) is 0. The van der Waals surface area contributed by atoms with Crippen LogP contribution in [0.1, 0.15) is 30.1 Å². The van der Waals surface area contributed by atoms with Crippen molar-refractivity contribution in [3.63, 3.8) is 0 Å². The van der Waals surface area contributed by atoms with Gasteiger partial charge in [0, 0.05) is 35.8 Å². The Kier molecular flexibility index (Phi) is 3.33. The second kappa shape index (κ2) is 5.35. The Hall–Kier alpha value is -1.95. The van der Waals surface area contributed by atoms with Gasteiger partial charge in [0.25, 0.3) is 0 Å². The van der Waals surface area contributed by atoms with E-state index in [0.717, 1.165) is 47.8 Å². The van der Waals surface area contributed by atoms with E-state index in [0.29, 0.717) is 11.5 Å². The van der Waals surface area contributed by atoms with Crippen LogP contribution in [-0.4, -0.2) is 23.2 Å². The Balaban J connectivity index is 1.53. The van der Waals surface area contributed by atoms with Crippen molar-refractivity contribution >= 4 is 27.4 Å². The minimum atomic E-state index is -0.288. The van der Waals surface area contributed by atoms with E-state index in [9.17, 15) is 4.39 Å². The van der Waals surface area contributed by atoms with Gasteiger partial charge in [-0.15, -0.1) is 11.3 Å². The molecular formula is C16H16FN3OS. The molecule has 0 atom stereocenters. The summed E-state index contributed by atoms with van der Waals surface area (Å²) in [5.41, 5.74) is 2.57. The largest absolute Gasteiger partial charge is 0.356 e. The number of benzene rings is 1. The van der Waals surface area contributed by atoms with Crippen molar-refractivity contribution in [3.8, 4) is 0 Å². The highest BCUT2D eigenvalue weighted by Gasteiger charge is 2.26. The lowest BCUT2D eigenvalue weighted by Gasteiger charge is -2.30. The molecule has 1 aliphatic rings. The lowest BCUT2D eigenvalue weighted by molar-refractivity contribution is 0.416. The molecule has 0 aliphatic carbocycles. The van der Waals surface area contributed by atoms with Crippen LogP contribution in [0.2, 0.25) is 0 Å². The first-order chi connectivity index (χ1) is 10.7. The van der Waals surface area contributed by atoms with Crippen LogP contribution in [0.4, 0.5) is 9.52 Å². The van der Waals surface area contributed by atoms with Crippen molar-refractivity contribution in [3.05, 3.63) is 40.8 Å². The van der Waals surface area contributed by atoms with Crippen molar-refractivity contribution in [1.82, 2.24) is 10.1 Å². The summed E-state index contributed by atoms with van der Waals surface area (Å²) in [4.78, 5) is 6.88. The fourth-order valence-electron chi connectivity index (χ4n) is 3.06. The predicted molar refractivity (Wildman–Crippen MR) is 85.0 cm³/mol. The SMILES string of the molecule is Cc1csc(N2CCC(c3noc4cc(F)ccc34)CC2)n1. The molecule has 0 amide bonds. The van der Waals surface area contributed by atoms with Gasteiger partial charge < -0.3 is 9.42 Å². The first-order valence-electron chi connectivity index (χ1n) is 7.42. The Morgan fingerprint density at radius 2 is 2.14 bits per heavy atom. The van der Waals surface area contributed by atoms with E-state index in [4.69, 9.17) is 4.52 Å². The zero-order valence-corrected chi connectivity index (χ0v) is 13.1. The topological polar surface area (TPSA) is 42.2 Å². The quantitative estimate of drug-likeness (QED) is 0.713. The zero-order chi connectivity index (χ0) is 15.1. The van der Waals surface area contributed by atoms with Crippen molar-refractivity contribution in [1.29, 1.82) is 0 Å². The molecule has 0 N–H and O–H groups in total. The molecular weight excluding hydrogens is 301 g/mol. The van der Waals surface area contributed by atoms with Gasteiger partial charge in [-0.1, -0.05) is 5.16 Å². The van der Waals surface area contributed by atoms with Crippen molar-refractivity contribution in [2.24, 2.45) is 0 Å². The number of nitrogens with zero attached hydrogens (tertiary/aromatic N) is 3. The molecule has 0 saturated carbocycles. The first-order valence-corrected chi connectivity index (χ1v) is 8.30. The minimum Gasteiger partial charge on any atom is -0.356 e. The van der Waals surface area contributed by atoms with Crippen LogP contribution in [0.5, 0.6) is 0 Å². The minimum absolute atomic E-state index is 0.288. The summed E-state index contributed by atoms with van der Waals surface area (Å²) >= 11 is 1.70. The summed E-state index contributed by atoms with van der Waals surface area (Å²) in [5.74, 6) is 0.0770. The van der Waals surface area contributed by atoms with Crippen molar-refractivity contribution in [2.75, 3.05) is 18.0 Å². The third-order valence-electron chi connectivity index (χ3n) is 4.22. The Morgan fingerprint density at radius 1 is 1.32 bits per heavy atom. The first kappa shape index (κ1) is 13.7. The highest BCUT2D eigenvalue weighted by Crippen LogP contribution is 2.34. The highest BCUT2D eigenvalue weighted by atomic mass is 32.1. The lowest BCUT2D eigenvalue weighted by atomic mass is 9.92.